The van der Waals surface area contributed by atoms with E-state index in [1.54, 1.807) is 0 Å². The lowest BCUT2D eigenvalue weighted by Crippen LogP contribution is -2.31. The lowest BCUT2D eigenvalue weighted by molar-refractivity contribution is 0.212. The molecule has 0 amide bonds. The molecule has 0 bridgehead atoms. The van der Waals surface area contributed by atoms with Crippen LogP contribution in [0.25, 0.3) is 22.2 Å². The van der Waals surface area contributed by atoms with Gasteiger partial charge in [-0.05, 0) is 81.6 Å². The molecule has 6 heteroatoms. The fraction of sp³-hybridized carbons (Fsp3) is 0.360. The Bertz CT molecular complexity index is 1180. The number of likely N-dealkylation sites (tertiary alicyclic amines) is 1. The molecule has 1 aliphatic heterocycles. The highest BCUT2D eigenvalue weighted by molar-refractivity contribution is 6.31. The van der Waals surface area contributed by atoms with Crippen LogP contribution in [0.1, 0.15) is 35.6 Å². The van der Waals surface area contributed by atoms with Gasteiger partial charge < -0.3 is 9.88 Å². The molecule has 31 heavy (non-hydrogen) atoms. The first-order valence-corrected chi connectivity index (χ1v) is 11.4. The second-order valence-corrected chi connectivity index (χ2v) is 9.12. The molecule has 0 saturated carbocycles. The Kier molecular flexibility index (Phi) is 5.55. The maximum Gasteiger partial charge on any atom is 0.137 e. The molecule has 0 spiro atoms. The van der Waals surface area contributed by atoms with E-state index in [2.05, 4.69) is 63.1 Å². The van der Waals surface area contributed by atoms with E-state index in [1.165, 1.54) is 22.1 Å². The predicted molar refractivity (Wildman–Crippen MR) is 127 cm³/mol. The normalized spacial score (nSPS) is 15.7. The van der Waals surface area contributed by atoms with Crippen molar-refractivity contribution >= 4 is 22.6 Å². The van der Waals surface area contributed by atoms with E-state index in [1.807, 2.05) is 24.5 Å². The Morgan fingerprint density at radius 2 is 1.97 bits per heavy atom. The van der Waals surface area contributed by atoms with Gasteiger partial charge in [0.05, 0.1) is 12.2 Å². The Morgan fingerprint density at radius 1 is 1.13 bits per heavy atom. The standard InChI is InChI=1S/C25H28ClN5/c1-17-4-3-5-24(26)22(17)7-6-18-13-27-25-23(18)12-19(14-28-25)20-15-29-31(16-20)21-8-10-30(2)11-9-21/h3-5,12-16,21H,6-11H2,1-2H3,(H,27,28). The van der Waals surface area contributed by atoms with Crippen molar-refractivity contribution in [3.8, 4) is 11.1 Å². The summed E-state index contributed by atoms with van der Waals surface area (Å²) in [5.41, 5.74) is 6.90. The number of benzene rings is 1. The molecule has 0 unspecified atom stereocenters. The van der Waals surface area contributed by atoms with Gasteiger partial charge in [0.1, 0.15) is 5.65 Å². The van der Waals surface area contributed by atoms with Crippen LogP contribution in [0, 0.1) is 6.92 Å². The largest absolute Gasteiger partial charge is 0.346 e. The van der Waals surface area contributed by atoms with Crippen molar-refractivity contribution in [3.63, 3.8) is 0 Å². The number of aromatic amines is 1. The number of nitrogens with one attached hydrogen (secondary N) is 1. The number of fused-ring (bicyclic) bond motifs is 1. The molecule has 1 saturated heterocycles. The first-order chi connectivity index (χ1) is 15.1. The summed E-state index contributed by atoms with van der Waals surface area (Å²) < 4.78 is 2.14. The molecule has 1 N–H and O–H groups in total. The van der Waals surface area contributed by atoms with Gasteiger partial charge in [-0.15, -0.1) is 0 Å². The molecular weight excluding hydrogens is 406 g/mol. The van der Waals surface area contributed by atoms with Crippen LogP contribution in [-0.2, 0) is 12.8 Å². The van der Waals surface area contributed by atoms with Crippen LogP contribution in [0.15, 0.2) is 49.1 Å². The number of piperidine rings is 1. The van der Waals surface area contributed by atoms with Crippen molar-refractivity contribution in [1.29, 1.82) is 0 Å². The Morgan fingerprint density at radius 3 is 2.77 bits per heavy atom. The number of rotatable bonds is 5. The van der Waals surface area contributed by atoms with Crippen LogP contribution >= 0.6 is 11.6 Å². The number of aromatic nitrogens is 4. The monoisotopic (exact) mass is 433 g/mol. The number of pyridine rings is 1. The lowest BCUT2D eigenvalue weighted by Gasteiger charge is -2.28. The third-order valence-electron chi connectivity index (χ3n) is 6.61. The van der Waals surface area contributed by atoms with E-state index in [9.17, 15) is 0 Å². The zero-order valence-electron chi connectivity index (χ0n) is 18.1. The lowest BCUT2D eigenvalue weighted by atomic mass is 10.00. The van der Waals surface area contributed by atoms with Crippen molar-refractivity contribution < 1.29 is 0 Å². The summed E-state index contributed by atoms with van der Waals surface area (Å²) in [7, 11) is 2.19. The fourth-order valence-corrected chi connectivity index (χ4v) is 4.93. The van der Waals surface area contributed by atoms with E-state index >= 15 is 0 Å². The van der Waals surface area contributed by atoms with Crippen LogP contribution in [0.4, 0.5) is 0 Å². The maximum absolute atomic E-state index is 6.44. The number of nitrogens with zero attached hydrogens (tertiary/aromatic N) is 4. The van der Waals surface area contributed by atoms with Crippen LogP contribution in [0.3, 0.4) is 0 Å². The van der Waals surface area contributed by atoms with E-state index in [0.717, 1.165) is 60.6 Å². The first-order valence-electron chi connectivity index (χ1n) is 11.0. The van der Waals surface area contributed by atoms with Crippen LogP contribution < -0.4 is 0 Å². The highest BCUT2D eigenvalue weighted by Gasteiger charge is 2.19. The van der Waals surface area contributed by atoms with E-state index in [-0.39, 0.29) is 0 Å². The first kappa shape index (κ1) is 20.3. The molecule has 3 aromatic heterocycles. The molecule has 4 aromatic rings. The SMILES string of the molecule is Cc1cccc(Cl)c1CCc1c[nH]c2ncc(-c3cnn(C4CCN(C)CC4)c3)cc12. The van der Waals surface area contributed by atoms with Gasteiger partial charge in [-0.1, -0.05) is 23.7 Å². The minimum absolute atomic E-state index is 0.489. The van der Waals surface area contributed by atoms with Crippen molar-refractivity contribution in [1.82, 2.24) is 24.6 Å². The van der Waals surface area contributed by atoms with Gasteiger partial charge in [-0.2, -0.15) is 5.10 Å². The van der Waals surface area contributed by atoms with E-state index < -0.39 is 0 Å². The van der Waals surface area contributed by atoms with Crippen molar-refractivity contribution in [2.24, 2.45) is 0 Å². The summed E-state index contributed by atoms with van der Waals surface area (Å²) >= 11 is 6.44. The average Bonchev–Trinajstić information content (AvgIpc) is 3.41. The van der Waals surface area contributed by atoms with E-state index in [4.69, 9.17) is 11.6 Å². The molecule has 0 aliphatic carbocycles. The highest BCUT2D eigenvalue weighted by Crippen LogP contribution is 2.29. The molecule has 0 atom stereocenters. The average molecular weight is 434 g/mol. The maximum atomic E-state index is 6.44. The highest BCUT2D eigenvalue weighted by atomic mass is 35.5. The molecule has 1 fully saturated rings. The quantitative estimate of drug-likeness (QED) is 0.456. The van der Waals surface area contributed by atoms with Gasteiger partial charge in [0.25, 0.3) is 0 Å². The fourth-order valence-electron chi connectivity index (χ4n) is 4.61. The summed E-state index contributed by atoms with van der Waals surface area (Å²) in [6, 6.07) is 8.83. The van der Waals surface area contributed by atoms with Gasteiger partial charge in [-0.25, -0.2) is 4.98 Å². The van der Waals surface area contributed by atoms with Gasteiger partial charge in [0.2, 0.25) is 0 Å². The van der Waals surface area contributed by atoms with Crippen molar-refractivity contribution in [3.05, 3.63) is 70.8 Å². The Labute approximate surface area is 188 Å². The molecule has 5 rings (SSSR count). The number of halogens is 1. The third-order valence-corrected chi connectivity index (χ3v) is 6.97. The van der Waals surface area contributed by atoms with Crippen molar-refractivity contribution in [2.75, 3.05) is 20.1 Å². The van der Waals surface area contributed by atoms with Gasteiger partial charge in [-0.3, -0.25) is 4.68 Å². The number of aryl methyl sites for hydroxylation is 2. The topological polar surface area (TPSA) is 49.7 Å². The van der Waals surface area contributed by atoms with E-state index in [0.29, 0.717) is 6.04 Å². The van der Waals surface area contributed by atoms with Gasteiger partial charge >= 0.3 is 0 Å². The zero-order chi connectivity index (χ0) is 21.4. The molecular formula is C25H28ClN5. The second-order valence-electron chi connectivity index (χ2n) is 8.71. The molecule has 0 radical (unpaired) electrons. The molecule has 1 aliphatic rings. The minimum atomic E-state index is 0.489. The van der Waals surface area contributed by atoms with Gasteiger partial charge in [0, 0.05) is 40.1 Å². The molecule has 1 aromatic carbocycles. The Balaban J connectivity index is 1.38. The van der Waals surface area contributed by atoms with Crippen LogP contribution in [-0.4, -0.2) is 44.8 Å². The van der Waals surface area contributed by atoms with Crippen molar-refractivity contribution in [2.45, 2.75) is 38.6 Å². The summed E-state index contributed by atoms with van der Waals surface area (Å²) in [5, 5.41) is 6.70. The molecule has 5 nitrogen and oxygen atoms in total. The summed E-state index contributed by atoms with van der Waals surface area (Å²) in [6.07, 6.45) is 12.3. The smallest absolute Gasteiger partial charge is 0.137 e. The third kappa shape index (κ3) is 4.12. The molecule has 160 valence electrons. The second kappa shape index (κ2) is 8.48. The summed E-state index contributed by atoms with van der Waals surface area (Å²) in [4.78, 5) is 10.4. The number of H-pyrrole nitrogens is 1. The number of hydrogen-bond donors (Lipinski definition) is 1. The Hall–Kier alpha value is -2.63. The minimum Gasteiger partial charge on any atom is -0.346 e. The van der Waals surface area contributed by atoms with Crippen LogP contribution in [0.2, 0.25) is 5.02 Å². The number of hydrogen-bond acceptors (Lipinski definition) is 3. The summed E-state index contributed by atoms with van der Waals surface area (Å²) in [6.45, 7) is 4.38. The zero-order valence-corrected chi connectivity index (χ0v) is 18.9. The predicted octanol–water partition coefficient (Wildman–Crippen LogP) is 5.44. The van der Waals surface area contributed by atoms with Gasteiger partial charge in [0.15, 0.2) is 0 Å². The molecule has 4 heterocycles. The van der Waals surface area contributed by atoms with Crippen LogP contribution in [0.5, 0.6) is 0 Å². The summed E-state index contributed by atoms with van der Waals surface area (Å²) in [5.74, 6) is 0.